The molecule has 42 heavy (non-hydrogen) atoms. The molecule has 0 unspecified atom stereocenters. The zero-order valence-electron chi connectivity index (χ0n) is 22.8. The zero-order valence-corrected chi connectivity index (χ0v) is 22.8. The van der Waals surface area contributed by atoms with E-state index in [2.05, 4.69) is 9.97 Å². The second kappa shape index (κ2) is 12.1. The summed E-state index contributed by atoms with van der Waals surface area (Å²) in [5, 5.41) is 0. The largest absolute Gasteiger partial charge is 0.463 e. The summed E-state index contributed by atoms with van der Waals surface area (Å²) in [7, 11) is 0. The highest BCUT2D eigenvalue weighted by atomic mass is 19.4. The molecule has 12 nitrogen and oxygen atoms in total. The van der Waals surface area contributed by atoms with Gasteiger partial charge in [0, 0.05) is 33.3 Å². The van der Waals surface area contributed by atoms with Crippen molar-refractivity contribution >= 4 is 35.0 Å². The first-order valence-electron chi connectivity index (χ1n) is 12.6. The molecule has 0 amide bonds. The Balaban J connectivity index is 1.94. The van der Waals surface area contributed by atoms with Crippen molar-refractivity contribution in [2.45, 2.75) is 64.5 Å². The molecule has 5 atom stereocenters. The van der Waals surface area contributed by atoms with Gasteiger partial charge in [-0.3, -0.25) is 23.7 Å². The summed E-state index contributed by atoms with van der Waals surface area (Å²) in [5.74, 6) is -3.28. The van der Waals surface area contributed by atoms with Gasteiger partial charge in [0.1, 0.15) is 18.2 Å². The van der Waals surface area contributed by atoms with E-state index < -0.39 is 78.4 Å². The summed E-state index contributed by atoms with van der Waals surface area (Å²) in [6.45, 7) is 3.77. The van der Waals surface area contributed by atoms with Gasteiger partial charge in [-0.05, 0) is 6.07 Å². The minimum absolute atomic E-state index is 0.0391. The molecule has 1 aliphatic rings. The van der Waals surface area contributed by atoms with Crippen LogP contribution in [0.3, 0.4) is 0 Å². The fraction of sp³-hybridized carbons (Fsp3) is 0.407. The maximum atomic E-state index is 14.2. The highest BCUT2D eigenvalue weighted by Crippen LogP contribution is 2.40. The van der Waals surface area contributed by atoms with Crippen LogP contribution in [0.5, 0.6) is 0 Å². The normalized spacial score (nSPS) is 22.3. The monoisotopic (exact) mass is 593 g/mol. The summed E-state index contributed by atoms with van der Waals surface area (Å²) in [6, 6.07) is 8.96. The van der Waals surface area contributed by atoms with E-state index in [1.807, 2.05) is 0 Å². The van der Waals surface area contributed by atoms with Crippen molar-refractivity contribution in [3.8, 4) is 11.3 Å². The number of esters is 4. The van der Waals surface area contributed by atoms with E-state index in [9.17, 15) is 32.3 Å². The molecule has 1 saturated heterocycles. The molecule has 4 rings (SSSR count). The standard InChI is InChI=1S/C27H26F3N3O9/c1-13(34)38-11-20-22(39-14(2)35)23(40-15(3)36)24(41-16(4)37)26(42-20)33-12-31-21-18(27(28,29)30)10-19(32-25(21)33)17-8-6-5-7-9-17/h5-10,12,20,22-24,26H,11H2,1-4H3/t20-,22-,23+,24-,26-/m1/s1. The van der Waals surface area contributed by atoms with Crippen molar-refractivity contribution in [2.75, 3.05) is 6.61 Å². The quantitative estimate of drug-likeness (QED) is 0.294. The zero-order chi connectivity index (χ0) is 30.8. The van der Waals surface area contributed by atoms with Crippen LogP contribution in [0.1, 0.15) is 39.5 Å². The average Bonchev–Trinajstić information content (AvgIpc) is 3.32. The average molecular weight is 594 g/mol. The molecule has 1 aromatic carbocycles. The van der Waals surface area contributed by atoms with Crippen LogP contribution in [0.2, 0.25) is 0 Å². The maximum Gasteiger partial charge on any atom is 0.418 e. The number of alkyl halides is 3. The highest BCUT2D eigenvalue weighted by molar-refractivity contribution is 5.80. The molecule has 0 spiro atoms. The third-order valence-electron chi connectivity index (χ3n) is 6.15. The lowest BCUT2D eigenvalue weighted by Crippen LogP contribution is -2.60. The Kier molecular flexibility index (Phi) is 8.80. The molecule has 1 fully saturated rings. The summed E-state index contributed by atoms with van der Waals surface area (Å²) in [4.78, 5) is 56.3. The minimum Gasteiger partial charge on any atom is -0.463 e. The Hall–Kier alpha value is -4.53. The van der Waals surface area contributed by atoms with Gasteiger partial charge < -0.3 is 23.7 Å². The highest BCUT2D eigenvalue weighted by Gasteiger charge is 2.53. The summed E-state index contributed by atoms with van der Waals surface area (Å²) >= 11 is 0. The van der Waals surface area contributed by atoms with Gasteiger partial charge in [-0.1, -0.05) is 30.3 Å². The van der Waals surface area contributed by atoms with Gasteiger partial charge in [-0.25, -0.2) is 9.97 Å². The van der Waals surface area contributed by atoms with Crippen molar-refractivity contribution in [2.24, 2.45) is 0 Å². The third kappa shape index (κ3) is 6.67. The van der Waals surface area contributed by atoms with E-state index >= 15 is 0 Å². The summed E-state index contributed by atoms with van der Waals surface area (Å²) in [6.07, 6.45) is -11.2. The lowest BCUT2D eigenvalue weighted by atomic mass is 9.97. The number of ether oxygens (including phenoxy) is 5. The first kappa shape index (κ1) is 30.4. The second-order valence-electron chi connectivity index (χ2n) is 9.33. The second-order valence-corrected chi connectivity index (χ2v) is 9.33. The number of nitrogens with zero attached hydrogens (tertiary/aromatic N) is 3. The third-order valence-corrected chi connectivity index (χ3v) is 6.15. The van der Waals surface area contributed by atoms with Gasteiger partial charge in [0.25, 0.3) is 0 Å². The van der Waals surface area contributed by atoms with Crippen LogP contribution >= 0.6 is 0 Å². The Bertz CT molecular complexity index is 1490. The van der Waals surface area contributed by atoms with Gasteiger partial charge >= 0.3 is 30.1 Å². The molecule has 224 valence electrons. The molecule has 0 N–H and O–H groups in total. The number of carbonyl (C=O) groups is 4. The van der Waals surface area contributed by atoms with Crippen molar-refractivity contribution in [1.82, 2.24) is 14.5 Å². The minimum atomic E-state index is -4.83. The Morgan fingerprint density at radius 2 is 1.48 bits per heavy atom. The van der Waals surface area contributed by atoms with Crippen LogP contribution in [-0.2, 0) is 49.0 Å². The van der Waals surface area contributed by atoms with Crippen LogP contribution in [-0.4, -0.2) is 69.4 Å². The number of aromatic nitrogens is 3. The van der Waals surface area contributed by atoms with E-state index in [-0.39, 0.29) is 11.3 Å². The molecule has 15 heteroatoms. The Labute approximate surface area is 236 Å². The van der Waals surface area contributed by atoms with Crippen molar-refractivity contribution in [3.05, 3.63) is 48.3 Å². The van der Waals surface area contributed by atoms with Gasteiger partial charge in [0.2, 0.25) is 0 Å². The predicted molar refractivity (Wildman–Crippen MR) is 135 cm³/mol. The first-order chi connectivity index (χ1) is 19.8. The Morgan fingerprint density at radius 1 is 0.881 bits per heavy atom. The number of hydrogen-bond donors (Lipinski definition) is 0. The number of benzene rings is 1. The predicted octanol–water partition coefficient (Wildman–Crippen LogP) is 3.37. The molecule has 2 aromatic heterocycles. The van der Waals surface area contributed by atoms with Gasteiger partial charge in [-0.2, -0.15) is 13.2 Å². The molecular weight excluding hydrogens is 567 g/mol. The van der Waals surface area contributed by atoms with Crippen LogP contribution in [0, 0.1) is 0 Å². The van der Waals surface area contributed by atoms with Gasteiger partial charge in [0.15, 0.2) is 30.2 Å². The molecular formula is C27H26F3N3O9. The number of imidazole rings is 1. The number of carbonyl (C=O) groups excluding carboxylic acids is 4. The maximum absolute atomic E-state index is 14.2. The van der Waals surface area contributed by atoms with Crippen LogP contribution in [0.4, 0.5) is 13.2 Å². The fourth-order valence-corrected chi connectivity index (χ4v) is 4.60. The SMILES string of the molecule is CC(=O)OC[C@H]1O[C@@H](n2cnc3c(C(F)(F)F)cc(-c4ccccc4)nc32)[C@H](OC(C)=O)[C@@H](OC(C)=O)[C@@H]1OC(C)=O. The molecule has 3 heterocycles. The van der Waals surface area contributed by atoms with Crippen molar-refractivity contribution < 1.29 is 56.0 Å². The van der Waals surface area contributed by atoms with Gasteiger partial charge in [-0.15, -0.1) is 0 Å². The van der Waals surface area contributed by atoms with Crippen LogP contribution < -0.4 is 0 Å². The molecule has 0 radical (unpaired) electrons. The fourth-order valence-electron chi connectivity index (χ4n) is 4.60. The number of fused-ring (bicyclic) bond motifs is 1. The first-order valence-corrected chi connectivity index (χ1v) is 12.6. The topological polar surface area (TPSA) is 145 Å². The molecule has 0 bridgehead atoms. The van der Waals surface area contributed by atoms with Crippen molar-refractivity contribution in [1.29, 1.82) is 0 Å². The van der Waals surface area contributed by atoms with E-state index in [0.29, 0.717) is 5.56 Å². The summed E-state index contributed by atoms with van der Waals surface area (Å²) in [5.41, 5.74) is -1.59. The molecule has 1 aliphatic heterocycles. The van der Waals surface area contributed by atoms with Gasteiger partial charge in [0.05, 0.1) is 17.6 Å². The smallest absolute Gasteiger partial charge is 0.418 e. The lowest BCUT2D eigenvalue weighted by Gasteiger charge is -2.44. The Morgan fingerprint density at radius 3 is 2.05 bits per heavy atom. The van der Waals surface area contributed by atoms with Crippen molar-refractivity contribution in [3.63, 3.8) is 0 Å². The molecule has 3 aromatic rings. The number of hydrogen-bond acceptors (Lipinski definition) is 11. The summed E-state index contributed by atoms with van der Waals surface area (Å²) < 4.78 is 71.0. The lowest BCUT2D eigenvalue weighted by molar-refractivity contribution is -0.267. The van der Waals surface area contributed by atoms with Crippen LogP contribution in [0.15, 0.2) is 42.7 Å². The van der Waals surface area contributed by atoms with Crippen LogP contribution in [0.25, 0.3) is 22.4 Å². The molecule has 0 saturated carbocycles. The molecule has 0 aliphatic carbocycles. The number of rotatable bonds is 7. The van der Waals surface area contributed by atoms with E-state index in [4.69, 9.17) is 23.7 Å². The van der Waals surface area contributed by atoms with E-state index in [1.165, 1.54) is 0 Å². The number of pyridine rings is 1. The van der Waals surface area contributed by atoms with E-state index in [0.717, 1.165) is 44.7 Å². The number of halogens is 3. The van der Waals surface area contributed by atoms with E-state index in [1.54, 1.807) is 30.3 Å².